The second-order valence-corrected chi connectivity index (χ2v) is 5.44. The fourth-order valence-electron chi connectivity index (χ4n) is 1.84. The molecule has 0 N–H and O–H groups in total. The van der Waals surface area contributed by atoms with Gasteiger partial charge in [-0.2, -0.15) is 0 Å². The van der Waals surface area contributed by atoms with E-state index in [0.29, 0.717) is 0 Å². The number of ether oxygens (including phenoxy) is 1. The standard InChI is InChI=1S/C12H21FN2O4/c1-12(2,3)19-11(17)15-7-6-8(13)9(15)10(16)14(4)18-5/h8-9H,6-7H2,1-5H3/t8-,9-/m0/s1. The van der Waals surface area contributed by atoms with Crippen LogP contribution in [0, 0.1) is 0 Å². The molecule has 1 saturated heterocycles. The summed E-state index contributed by atoms with van der Waals surface area (Å²) in [7, 11) is 2.68. The second-order valence-electron chi connectivity index (χ2n) is 5.44. The summed E-state index contributed by atoms with van der Waals surface area (Å²) in [5.41, 5.74) is -0.688. The van der Waals surface area contributed by atoms with Crippen molar-refractivity contribution < 1.29 is 23.6 Å². The summed E-state index contributed by atoms with van der Waals surface area (Å²) in [6.45, 7) is 5.30. The molecule has 110 valence electrons. The highest BCUT2D eigenvalue weighted by molar-refractivity contribution is 5.86. The minimum Gasteiger partial charge on any atom is -0.444 e. The van der Waals surface area contributed by atoms with Crippen molar-refractivity contribution in [3.63, 3.8) is 0 Å². The predicted molar refractivity (Wildman–Crippen MR) is 66.0 cm³/mol. The second kappa shape index (κ2) is 5.73. The fraction of sp³-hybridized carbons (Fsp3) is 0.833. The molecule has 1 heterocycles. The van der Waals surface area contributed by atoms with E-state index in [2.05, 4.69) is 0 Å². The Morgan fingerprint density at radius 2 is 1.95 bits per heavy atom. The van der Waals surface area contributed by atoms with Crippen LogP contribution in [0.25, 0.3) is 0 Å². The number of hydrogen-bond acceptors (Lipinski definition) is 4. The molecular weight excluding hydrogens is 255 g/mol. The molecule has 2 amide bonds. The molecule has 1 fully saturated rings. The Morgan fingerprint density at radius 1 is 1.37 bits per heavy atom. The van der Waals surface area contributed by atoms with Gasteiger partial charge in [0.05, 0.1) is 7.11 Å². The van der Waals surface area contributed by atoms with Gasteiger partial charge >= 0.3 is 6.09 Å². The Hall–Kier alpha value is -1.37. The summed E-state index contributed by atoms with van der Waals surface area (Å²) in [6, 6.07) is -1.18. The first-order valence-electron chi connectivity index (χ1n) is 6.12. The van der Waals surface area contributed by atoms with Crippen molar-refractivity contribution in [2.45, 2.75) is 45.0 Å². The summed E-state index contributed by atoms with van der Waals surface area (Å²) >= 11 is 0. The summed E-state index contributed by atoms with van der Waals surface area (Å²) < 4.78 is 19.0. The number of hydroxylamine groups is 2. The number of alkyl halides is 1. The number of rotatable bonds is 2. The van der Waals surface area contributed by atoms with Gasteiger partial charge in [0.15, 0.2) is 0 Å². The average Bonchev–Trinajstić information content (AvgIpc) is 2.67. The van der Waals surface area contributed by atoms with Gasteiger partial charge in [-0.05, 0) is 27.2 Å². The minimum absolute atomic E-state index is 0.118. The molecule has 0 aromatic heterocycles. The topological polar surface area (TPSA) is 59.1 Å². The molecule has 0 aliphatic carbocycles. The highest BCUT2D eigenvalue weighted by Crippen LogP contribution is 2.25. The van der Waals surface area contributed by atoms with E-state index < -0.39 is 29.8 Å². The highest BCUT2D eigenvalue weighted by Gasteiger charge is 2.45. The molecule has 0 unspecified atom stereocenters. The summed E-state index contributed by atoms with van der Waals surface area (Å²) in [5, 5.41) is 0.917. The fourth-order valence-corrected chi connectivity index (χ4v) is 1.84. The third-order valence-electron chi connectivity index (χ3n) is 2.79. The maximum atomic E-state index is 13.8. The first kappa shape index (κ1) is 15.7. The van der Waals surface area contributed by atoms with Crippen LogP contribution in [0.4, 0.5) is 9.18 Å². The zero-order chi connectivity index (χ0) is 14.8. The van der Waals surface area contributed by atoms with Gasteiger partial charge < -0.3 is 4.74 Å². The number of likely N-dealkylation sites (N-methyl/N-ethyl adjacent to an activating group) is 1. The lowest BCUT2D eigenvalue weighted by molar-refractivity contribution is -0.174. The third-order valence-corrected chi connectivity index (χ3v) is 2.79. The number of amides is 2. The summed E-state index contributed by atoms with van der Waals surface area (Å²) in [5.74, 6) is -0.599. The monoisotopic (exact) mass is 276 g/mol. The van der Waals surface area contributed by atoms with Crippen molar-refractivity contribution >= 4 is 12.0 Å². The Kier molecular flexibility index (Phi) is 4.73. The van der Waals surface area contributed by atoms with E-state index in [0.717, 1.165) is 9.96 Å². The average molecular weight is 276 g/mol. The van der Waals surface area contributed by atoms with Crippen LogP contribution < -0.4 is 0 Å². The van der Waals surface area contributed by atoms with Gasteiger partial charge in [0, 0.05) is 13.6 Å². The van der Waals surface area contributed by atoms with Crippen molar-refractivity contribution in [3.05, 3.63) is 0 Å². The lowest BCUT2D eigenvalue weighted by Gasteiger charge is -2.29. The first-order chi connectivity index (χ1) is 8.67. The number of nitrogens with zero attached hydrogens (tertiary/aromatic N) is 2. The summed E-state index contributed by atoms with van der Waals surface area (Å²) in [6.07, 6.45) is -1.97. The van der Waals surface area contributed by atoms with Crippen molar-refractivity contribution in [3.8, 4) is 0 Å². The van der Waals surface area contributed by atoms with Gasteiger partial charge in [0.25, 0.3) is 5.91 Å². The first-order valence-corrected chi connectivity index (χ1v) is 6.12. The molecule has 0 bridgehead atoms. The van der Waals surface area contributed by atoms with Gasteiger partial charge in [0.2, 0.25) is 0 Å². The summed E-state index contributed by atoms with van der Waals surface area (Å²) in [4.78, 5) is 29.8. The van der Waals surface area contributed by atoms with E-state index in [1.54, 1.807) is 20.8 Å². The molecule has 0 saturated carbocycles. The molecule has 0 radical (unpaired) electrons. The van der Waals surface area contributed by atoms with Gasteiger partial charge in [-0.25, -0.2) is 14.2 Å². The largest absolute Gasteiger partial charge is 0.444 e. The molecule has 6 nitrogen and oxygen atoms in total. The van der Waals surface area contributed by atoms with Crippen molar-refractivity contribution in [2.24, 2.45) is 0 Å². The number of carbonyl (C=O) groups excluding carboxylic acids is 2. The van der Waals surface area contributed by atoms with E-state index >= 15 is 0 Å². The van der Waals surface area contributed by atoms with Crippen molar-refractivity contribution in [1.29, 1.82) is 0 Å². The lowest BCUT2D eigenvalue weighted by atomic mass is 10.2. The van der Waals surface area contributed by atoms with Crippen LogP contribution in [0.3, 0.4) is 0 Å². The maximum absolute atomic E-state index is 13.8. The Balaban J connectivity index is 2.82. The van der Waals surface area contributed by atoms with Gasteiger partial charge in [-0.3, -0.25) is 14.5 Å². The van der Waals surface area contributed by atoms with Gasteiger partial charge in [-0.1, -0.05) is 0 Å². The minimum atomic E-state index is -1.40. The van der Waals surface area contributed by atoms with Crippen LogP contribution in [-0.2, 0) is 14.4 Å². The highest BCUT2D eigenvalue weighted by atomic mass is 19.1. The van der Waals surface area contributed by atoms with Crippen LogP contribution in [-0.4, -0.2) is 60.5 Å². The van der Waals surface area contributed by atoms with E-state index in [1.165, 1.54) is 14.2 Å². The number of likely N-dealkylation sites (tertiary alicyclic amines) is 1. The number of halogens is 1. The molecule has 1 aliphatic rings. The molecule has 0 spiro atoms. The maximum Gasteiger partial charge on any atom is 0.411 e. The van der Waals surface area contributed by atoms with Crippen LogP contribution in [0.15, 0.2) is 0 Å². The van der Waals surface area contributed by atoms with Crippen LogP contribution in [0.2, 0.25) is 0 Å². The van der Waals surface area contributed by atoms with E-state index in [4.69, 9.17) is 9.57 Å². The Morgan fingerprint density at radius 3 is 2.42 bits per heavy atom. The predicted octanol–water partition coefficient (Wildman–Crippen LogP) is 1.35. The van der Waals surface area contributed by atoms with Crippen LogP contribution in [0.1, 0.15) is 27.2 Å². The molecule has 7 heteroatoms. The zero-order valence-electron chi connectivity index (χ0n) is 12.0. The molecule has 19 heavy (non-hydrogen) atoms. The SMILES string of the molecule is CON(C)C(=O)[C@@H]1[C@@H](F)CCN1C(=O)OC(C)(C)C. The number of hydrogen-bond donors (Lipinski definition) is 0. The molecule has 1 rings (SSSR count). The number of carbonyl (C=O) groups is 2. The van der Waals surface area contributed by atoms with E-state index in [-0.39, 0.29) is 13.0 Å². The van der Waals surface area contributed by atoms with Crippen molar-refractivity contribution in [2.75, 3.05) is 20.7 Å². The Labute approximate surface area is 112 Å². The normalized spacial score (nSPS) is 23.4. The van der Waals surface area contributed by atoms with Crippen molar-refractivity contribution in [1.82, 2.24) is 9.96 Å². The molecule has 1 aliphatic heterocycles. The van der Waals surface area contributed by atoms with Gasteiger partial charge in [0.1, 0.15) is 17.8 Å². The third kappa shape index (κ3) is 3.79. The molecule has 2 atom stereocenters. The zero-order valence-corrected chi connectivity index (χ0v) is 12.0. The lowest BCUT2D eigenvalue weighted by Crippen LogP contribution is -2.50. The molecule has 0 aromatic carbocycles. The van der Waals surface area contributed by atoms with Crippen LogP contribution in [0.5, 0.6) is 0 Å². The van der Waals surface area contributed by atoms with E-state index in [9.17, 15) is 14.0 Å². The van der Waals surface area contributed by atoms with E-state index in [1.807, 2.05) is 0 Å². The van der Waals surface area contributed by atoms with Gasteiger partial charge in [-0.15, -0.1) is 0 Å². The molecule has 0 aromatic rings. The smallest absolute Gasteiger partial charge is 0.411 e. The van der Waals surface area contributed by atoms with Crippen LogP contribution >= 0.6 is 0 Å². The Bertz CT molecular complexity index is 356. The quantitative estimate of drug-likeness (QED) is 0.714. The molecular formula is C12H21FN2O4.